The SMILES string of the molecule is CC12CC[C@@H](OCC(N)=O)C=C1CCC1C2CCC2(C)C(O)CCC12. The molecule has 7 atom stereocenters. The molecule has 4 aliphatic rings. The molecule has 0 spiro atoms. The fraction of sp³-hybridized carbons (Fsp3) is 0.857. The van der Waals surface area contributed by atoms with E-state index in [0.717, 1.165) is 37.5 Å². The molecule has 3 N–H and O–H groups in total. The van der Waals surface area contributed by atoms with Crippen LogP contribution in [0, 0.1) is 28.6 Å². The van der Waals surface area contributed by atoms with Gasteiger partial charge in [0.25, 0.3) is 0 Å². The van der Waals surface area contributed by atoms with Gasteiger partial charge in [0.15, 0.2) is 0 Å². The first kappa shape index (κ1) is 17.5. The van der Waals surface area contributed by atoms with Gasteiger partial charge in [-0.05, 0) is 80.0 Å². The van der Waals surface area contributed by atoms with Gasteiger partial charge >= 0.3 is 0 Å². The minimum absolute atomic E-state index is 0.0233. The van der Waals surface area contributed by atoms with E-state index in [1.54, 1.807) is 5.57 Å². The van der Waals surface area contributed by atoms with Crippen molar-refractivity contribution in [3.8, 4) is 0 Å². The summed E-state index contributed by atoms with van der Waals surface area (Å²) in [5, 5.41) is 10.5. The summed E-state index contributed by atoms with van der Waals surface area (Å²) in [5.74, 6) is 1.82. The van der Waals surface area contributed by atoms with E-state index >= 15 is 0 Å². The monoisotopic (exact) mass is 347 g/mol. The van der Waals surface area contributed by atoms with Gasteiger partial charge in [0.2, 0.25) is 5.91 Å². The Morgan fingerprint density at radius 1 is 1.20 bits per heavy atom. The topological polar surface area (TPSA) is 72.5 Å². The quantitative estimate of drug-likeness (QED) is 0.770. The average Bonchev–Trinajstić information content (AvgIpc) is 2.88. The van der Waals surface area contributed by atoms with E-state index in [1.165, 1.54) is 25.7 Å². The zero-order valence-corrected chi connectivity index (χ0v) is 15.7. The Kier molecular flexibility index (Phi) is 4.27. The highest BCUT2D eigenvalue weighted by Gasteiger charge is 2.58. The van der Waals surface area contributed by atoms with Gasteiger partial charge in [-0.15, -0.1) is 0 Å². The number of fused-ring (bicyclic) bond motifs is 5. The van der Waals surface area contributed by atoms with Crippen molar-refractivity contribution in [3.05, 3.63) is 11.6 Å². The zero-order valence-electron chi connectivity index (χ0n) is 15.7. The fourth-order valence-corrected chi connectivity index (χ4v) is 6.99. The molecule has 4 aliphatic carbocycles. The molecule has 3 saturated carbocycles. The van der Waals surface area contributed by atoms with E-state index in [4.69, 9.17) is 10.5 Å². The largest absolute Gasteiger partial charge is 0.393 e. The summed E-state index contributed by atoms with van der Waals surface area (Å²) in [6.07, 6.45) is 11.4. The minimum Gasteiger partial charge on any atom is -0.393 e. The second-order valence-corrected chi connectivity index (χ2v) is 9.52. The van der Waals surface area contributed by atoms with Crippen LogP contribution in [0.5, 0.6) is 0 Å². The predicted octanol–water partition coefficient (Wildman–Crippen LogP) is 3.18. The number of ether oxygens (including phenoxy) is 1. The molecule has 4 nitrogen and oxygen atoms in total. The lowest BCUT2D eigenvalue weighted by molar-refractivity contribution is -0.124. The first-order valence-electron chi connectivity index (χ1n) is 10.1. The molecular formula is C21H33NO3. The van der Waals surface area contributed by atoms with Crippen molar-refractivity contribution in [2.75, 3.05) is 6.61 Å². The van der Waals surface area contributed by atoms with Gasteiger partial charge in [-0.1, -0.05) is 25.5 Å². The van der Waals surface area contributed by atoms with E-state index in [1.807, 2.05) is 0 Å². The van der Waals surface area contributed by atoms with Crippen molar-refractivity contribution in [3.63, 3.8) is 0 Å². The summed E-state index contributed by atoms with van der Waals surface area (Å²) in [6.45, 7) is 4.83. The number of nitrogens with two attached hydrogens (primary N) is 1. The van der Waals surface area contributed by atoms with Gasteiger partial charge in [0, 0.05) is 0 Å². The smallest absolute Gasteiger partial charge is 0.243 e. The van der Waals surface area contributed by atoms with Gasteiger partial charge in [-0.25, -0.2) is 0 Å². The second-order valence-electron chi connectivity index (χ2n) is 9.52. The van der Waals surface area contributed by atoms with Gasteiger partial charge in [0.1, 0.15) is 6.61 Å². The Bertz CT molecular complexity index is 588. The fourth-order valence-electron chi connectivity index (χ4n) is 6.99. The maximum absolute atomic E-state index is 11.0. The molecule has 25 heavy (non-hydrogen) atoms. The van der Waals surface area contributed by atoms with Crippen LogP contribution in [0.2, 0.25) is 0 Å². The van der Waals surface area contributed by atoms with Crippen molar-refractivity contribution < 1.29 is 14.6 Å². The highest BCUT2D eigenvalue weighted by atomic mass is 16.5. The van der Waals surface area contributed by atoms with Crippen LogP contribution in [0.15, 0.2) is 11.6 Å². The third-order valence-corrected chi connectivity index (χ3v) is 8.46. The average molecular weight is 347 g/mol. The molecule has 0 saturated heterocycles. The Morgan fingerprint density at radius 2 is 2.00 bits per heavy atom. The van der Waals surface area contributed by atoms with Crippen molar-refractivity contribution in [1.29, 1.82) is 0 Å². The molecule has 3 fully saturated rings. The lowest BCUT2D eigenvalue weighted by Gasteiger charge is -2.58. The standard InChI is InChI=1S/C21H33NO3/c1-20-9-7-14(25-12-19(22)24)11-13(20)3-4-15-16-5-6-18(23)21(16,2)10-8-17(15)20/h11,14-18,23H,3-10,12H2,1-2H3,(H2,22,24)/t14-,15?,16?,17?,18?,20?,21?/m1/s1. The number of carbonyl (C=O) groups excluding carboxylic acids is 1. The molecular weight excluding hydrogens is 314 g/mol. The third-order valence-electron chi connectivity index (χ3n) is 8.46. The predicted molar refractivity (Wildman–Crippen MR) is 96.6 cm³/mol. The maximum Gasteiger partial charge on any atom is 0.243 e. The maximum atomic E-state index is 11.0. The van der Waals surface area contributed by atoms with Gasteiger partial charge in [-0.2, -0.15) is 0 Å². The first-order valence-corrected chi connectivity index (χ1v) is 10.1. The summed E-state index contributed by atoms with van der Waals surface area (Å²) >= 11 is 0. The van der Waals surface area contributed by atoms with Crippen LogP contribution < -0.4 is 5.73 Å². The van der Waals surface area contributed by atoms with Crippen molar-refractivity contribution in [2.24, 2.45) is 34.3 Å². The van der Waals surface area contributed by atoms with Gasteiger partial charge in [0.05, 0.1) is 12.2 Å². The molecule has 0 aliphatic heterocycles. The molecule has 0 heterocycles. The summed E-state index contributed by atoms with van der Waals surface area (Å²) in [5.41, 5.74) is 7.21. The van der Waals surface area contributed by atoms with Crippen LogP contribution in [-0.4, -0.2) is 29.8 Å². The Balaban J connectivity index is 1.55. The lowest BCUT2D eigenvalue weighted by atomic mass is 9.47. The molecule has 0 aromatic carbocycles. The van der Waals surface area contributed by atoms with E-state index in [9.17, 15) is 9.90 Å². The second kappa shape index (κ2) is 6.09. The Labute approximate surface area is 151 Å². The highest BCUT2D eigenvalue weighted by Crippen LogP contribution is 2.65. The number of hydrogen-bond donors (Lipinski definition) is 2. The molecule has 0 aromatic rings. The van der Waals surface area contributed by atoms with E-state index < -0.39 is 0 Å². The van der Waals surface area contributed by atoms with E-state index in [-0.39, 0.29) is 35.6 Å². The Morgan fingerprint density at radius 3 is 2.76 bits per heavy atom. The van der Waals surface area contributed by atoms with Gasteiger partial charge < -0.3 is 15.6 Å². The van der Waals surface area contributed by atoms with Crippen LogP contribution in [0.3, 0.4) is 0 Å². The van der Waals surface area contributed by atoms with Crippen LogP contribution in [-0.2, 0) is 9.53 Å². The molecule has 4 heteroatoms. The highest BCUT2D eigenvalue weighted by molar-refractivity contribution is 5.75. The molecule has 1 amide bonds. The van der Waals surface area contributed by atoms with Crippen LogP contribution in [0.25, 0.3) is 0 Å². The number of amides is 1. The molecule has 4 rings (SSSR count). The van der Waals surface area contributed by atoms with Crippen molar-refractivity contribution in [2.45, 2.75) is 77.4 Å². The number of primary amides is 1. The van der Waals surface area contributed by atoms with Crippen molar-refractivity contribution >= 4 is 5.91 Å². The lowest BCUT2D eigenvalue weighted by Crippen LogP contribution is -2.51. The van der Waals surface area contributed by atoms with Crippen LogP contribution in [0.1, 0.15) is 65.2 Å². The number of carbonyl (C=O) groups is 1. The number of aliphatic hydroxyl groups is 1. The summed E-state index contributed by atoms with van der Waals surface area (Å²) in [6, 6.07) is 0. The van der Waals surface area contributed by atoms with Crippen LogP contribution >= 0.6 is 0 Å². The number of rotatable bonds is 3. The molecule has 140 valence electrons. The normalized spacial score (nSPS) is 48.9. The summed E-state index contributed by atoms with van der Waals surface area (Å²) < 4.78 is 5.69. The molecule has 0 aromatic heterocycles. The van der Waals surface area contributed by atoms with Gasteiger partial charge in [-0.3, -0.25) is 4.79 Å². The third kappa shape index (κ3) is 2.68. The molecule has 6 unspecified atom stereocenters. The number of allylic oxidation sites excluding steroid dienone is 1. The molecule has 0 radical (unpaired) electrons. The van der Waals surface area contributed by atoms with Crippen molar-refractivity contribution in [1.82, 2.24) is 0 Å². The first-order chi connectivity index (χ1) is 11.8. The van der Waals surface area contributed by atoms with E-state index in [0.29, 0.717) is 5.92 Å². The zero-order chi connectivity index (χ0) is 17.8. The van der Waals surface area contributed by atoms with E-state index in [2.05, 4.69) is 19.9 Å². The molecule has 0 bridgehead atoms. The van der Waals surface area contributed by atoms with Crippen LogP contribution in [0.4, 0.5) is 0 Å². The summed E-state index contributed by atoms with van der Waals surface area (Å²) in [4.78, 5) is 11.0. The minimum atomic E-state index is -0.387. The number of hydrogen-bond acceptors (Lipinski definition) is 3. The Hall–Kier alpha value is -0.870. The number of aliphatic hydroxyl groups excluding tert-OH is 1. The summed E-state index contributed by atoms with van der Waals surface area (Å²) in [7, 11) is 0.